The Morgan fingerprint density at radius 3 is 2.50 bits per heavy atom. The lowest BCUT2D eigenvalue weighted by Gasteiger charge is -2.12. The van der Waals surface area contributed by atoms with Gasteiger partial charge in [0.25, 0.3) is 6.86 Å². The lowest BCUT2D eigenvalue weighted by Crippen LogP contribution is -1.98. The van der Waals surface area contributed by atoms with E-state index in [2.05, 4.69) is 18.6 Å². The minimum Gasteiger partial charge on any atom is -0.344 e. The fraction of sp³-hybridized carbons (Fsp3) is 0.917. The van der Waals surface area contributed by atoms with Gasteiger partial charge in [0.2, 0.25) is 0 Å². The van der Waals surface area contributed by atoms with Crippen LogP contribution >= 0.6 is 0 Å². The predicted octanol–water partition coefficient (Wildman–Crippen LogP) is 4.48. The molecule has 0 heterocycles. The van der Waals surface area contributed by atoms with Crippen molar-refractivity contribution in [2.24, 2.45) is 5.92 Å². The number of hydrogen-bond donors (Lipinski definition) is 0. The molecular weight excluding hydrogens is 179 g/mol. The first kappa shape index (κ1) is 13.9. The van der Waals surface area contributed by atoms with Gasteiger partial charge < -0.3 is 4.74 Å². The van der Waals surface area contributed by atoms with Crippen LogP contribution in [0.4, 0.5) is 4.39 Å². The van der Waals surface area contributed by atoms with E-state index in [-0.39, 0.29) is 6.86 Å². The Hall–Kier alpha value is -0.110. The first-order valence-corrected chi connectivity index (χ1v) is 5.88. The van der Waals surface area contributed by atoms with Gasteiger partial charge in [-0.15, -0.1) is 0 Å². The Bertz CT molecular complexity index is 106. The second kappa shape index (κ2) is 11.0. The second-order valence-electron chi connectivity index (χ2n) is 3.87. The zero-order valence-corrected chi connectivity index (χ0v) is 9.60. The second-order valence-corrected chi connectivity index (χ2v) is 3.87. The van der Waals surface area contributed by atoms with Crippen molar-refractivity contribution in [3.05, 3.63) is 6.86 Å². The summed E-state index contributed by atoms with van der Waals surface area (Å²) in [6, 6.07) is 0. The molecule has 0 aromatic carbocycles. The van der Waals surface area contributed by atoms with Crippen LogP contribution in [-0.4, -0.2) is 6.61 Å². The van der Waals surface area contributed by atoms with Gasteiger partial charge in [-0.1, -0.05) is 52.4 Å². The zero-order chi connectivity index (χ0) is 10.6. The number of halogens is 1. The summed E-state index contributed by atoms with van der Waals surface area (Å²) >= 11 is 0. The minimum atomic E-state index is 0.284. The van der Waals surface area contributed by atoms with Crippen LogP contribution in [0.2, 0.25) is 0 Å². The van der Waals surface area contributed by atoms with Gasteiger partial charge in [-0.3, -0.25) is 0 Å². The van der Waals surface area contributed by atoms with Crippen LogP contribution in [0.3, 0.4) is 0 Å². The number of unbranched alkanes of at least 4 members (excludes halogenated alkanes) is 2. The molecule has 0 aliphatic heterocycles. The molecule has 1 radical (unpaired) electrons. The summed E-state index contributed by atoms with van der Waals surface area (Å²) < 4.78 is 16.0. The van der Waals surface area contributed by atoms with Gasteiger partial charge in [0, 0.05) is 0 Å². The molecule has 0 aliphatic carbocycles. The van der Waals surface area contributed by atoms with E-state index < -0.39 is 0 Å². The van der Waals surface area contributed by atoms with Crippen molar-refractivity contribution in [2.75, 3.05) is 6.61 Å². The van der Waals surface area contributed by atoms with Crippen LogP contribution < -0.4 is 0 Å². The molecule has 0 spiro atoms. The predicted molar refractivity (Wildman–Crippen MR) is 58.5 cm³/mol. The normalized spacial score (nSPS) is 13.1. The summed E-state index contributed by atoms with van der Waals surface area (Å²) in [5.41, 5.74) is 0. The van der Waals surface area contributed by atoms with Crippen LogP contribution in [-0.2, 0) is 4.74 Å². The van der Waals surface area contributed by atoms with E-state index in [1.807, 2.05) is 0 Å². The van der Waals surface area contributed by atoms with E-state index in [0.717, 1.165) is 18.8 Å². The maximum atomic E-state index is 11.4. The van der Waals surface area contributed by atoms with E-state index >= 15 is 0 Å². The Kier molecular flexibility index (Phi) is 10.9. The summed E-state index contributed by atoms with van der Waals surface area (Å²) in [4.78, 5) is 0. The van der Waals surface area contributed by atoms with Crippen molar-refractivity contribution in [1.29, 1.82) is 0 Å². The van der Waals surface area contributed by atoms with Crippen molar-refractivity contribution in [3.8, 4) is 0 Å². The van der Waals surface area contributed by atoms with Crippen LogP contribution in [0.15, 0.2) is 0 Å². The van der Waals surface area contributed by atoms with Gasteiger partial charge in [0.15, 0.2) is 0 Å². The quantitative estimate of drug-likeness (QED) is 0.476. The molecule has 1 unspecified atom stereocenters. The van der Waals surface area contributed by atoms with Gasteiger partial charge in [0.05, 0.1) is 6.61 Å². The highest BCUT2D eigenvalue weighted by Gasteiger charge is 2.03. The molecule has 0 amide bonds. The first-order valence-electron chi connectivity index (χ1n) is 5.88. The summed E-state index contributed by atoms with van der Waals surface area (Å²) in [6.45, 7) is 5.32. The van der Waals surface area contributed by atoms with Gasteiger partial charge in [0.1, 0.15) is 0 Å². The maximum Gasteiger partial charge on any atom is 0.255 e. The van der Waals surface area contributed by atoms with Crippen molar-refractivity contribution in [3.63, 3.8) is 0 Å². The largest absolute Gasteiger partial charge is 0.344 e. The smallest absolute Gasteiger partial charge is 0.255 e. The highest BCUT2D eigenvalue weighted by Crippen LogP contribution is 2.18. The lowest BCUT2D eigenvalue weighted by molar-refractivity contribution is 0.128. The molecule has 0 rings (SSSR count). The Morgan fingerprint density at radius 2 is 1.93 bits per heavy atom. The topological polar surface area (TPSA) is 9.23 Å². The van der Waals surface area contributed by atoms with E-state index in [1.54, 1.807) is 0 Å². The minimum absolute atomic E-state index is 0.284. The van der Waals surface area contributed by atoms with Crippen molar-refractivity contribution in [1.82, 2.24) is 0 Å². The summed E-state index contributed by atoms with van der Waals surface area (Å²) in [7, 11) is 0. The molecule has 0 aliphatic rings. The van der Waals surface area contributed by atoms with Gasteiger partial charge >= 0.3 is 0 Å². The summed E-state index contributed by atoms with van der Waals surface area (Å²) in [5.74, 6) is 0.897. The zero-order valence-electron chi connectivity index (χ0n) is 9.60. The summed E-state index contributed by atoms with van der Waals surface area (Å²) in [5, 5.41) is 0. The molecule has 0 aromatic rings. The standard InChI is InChI=1S/C12H24FO/c1-3-8-12(4-2)9-6-5-7-10-14-11-13/h11-12H,3-10H2,1-2H3. The van der Waals surface area contributed by atoms with Gasteiger partial charge in [-0.25, -0.2) is 4.39 Å². The molecule has 0 aromatic heterocycles. The Balaban J connectivity index is 3.15. The van der Waals surface area contributed by atoms with Gasteiger partial charge in [-0.05, 0) is 12.3 Å². The van der Waals surface area contributed by atoms with E-state index in [9.17, 15) is 4.39 Å². The Labute approximate surface area is 88.0 Å². The molecule has 14 heavy (non-hydrogen) atoms. The molecule has 0 fully saturated rings. The maximum absolute atomic E-state index is 11.4. The highest BCUT2D eigenvalue weighted by molar-refractivity contribution is 4.56. The lowest BCUT2D eigenvalue weighted by atomic mass is 9.94. The Morgan fingerprint density at radius 1 is 1.14 bits per heavy atom. The third-order valence-corrected chi connectivity index (χ3v) is 2.71. The molecule has 0 saturated carbocycles. The molecule has 2 heteroatoms. The molecule has 85 valence electrons. The number of rotatable bonds is 10. The van der Waals surface area contributed by atoms with Crippen LogP contribution in [0, 0.1) is 12.8 Å². The average molecular weight is 203 g/mol. The average Bonchev–Trinajstić information content (AvgIpc) is 2.21. The van der Waals surface area contributed by atoms with Crippen LogP contribution in [0.5, 0.6) is 0 Å². The molecule has 0 N–H and O–H groups in total. The third-order valence-electron chi connectivity index (χ3n) is 2.71. The molecule has 1 nitrogen and oxygen atoms in total. The molecule has 1 atom stereocenters. The van der Waals surface area contributed by atoms with Crippen molar-refractivity contribution >= 4 is 0 Å². The van der Waals surface area contributed by atoms with Crippen LogP contribution in [0.1, 0.15) is 58.8 Å². The van der Waals surface area contributed by atoms with Crippen molar-refractivity contribution < 1.29 is 9.13 Å². The highest BCUT2D eigenvalue weighted by atomic mass is 19.1. The van der Waals surface area contributed by atoms with E-state index in [1.165, 1.54) is 32.1 Å². The van der Waals surface area contributed by atoms with Crippen molar-refractivity contribution in [2.45, 2.75) is 58.8 Å². The summed E-state index contributed by atoms with van der Waals surface area (Å²) in [6.07, 6.45) is 8.65. The number of hydrogen-bond acceptors (Lipinski definition) is 1. The van der Waals surface area contributed by atoms with Gasteiger partial charge in [-0.2, -0.15) is 0 Å². The molecule has 0 saturated heterocycles. The first-order chi connectivity index (χ1) is 6.85. The monoisotopic (exact) mass is 203 g/mol. The fourth-order valence-electron chi connectivity index (χ4n) is 1.80. The molecule has 0 bridgehead atoms. The SMILES string of the molecule is CCCC(CC)CCCCCO[CH]F. The van der Waals surface area contributed by atoms with E-state index in [0.29, 0.717) is 6.61 Å². The number of ether oxygens (including phenoxy) is 1. The van der Waals surface area contributed by atoms with E-state index in [4.69, 9.17) is 0 Å². The third kappa shape index (κ3) is 8.49. The van der Waals surface area contributed by atoms with Crippen LogP contribution in [0.25, 0.3) is 0 Å². The fourth-order valence-corrected chi connectivity index (χ4v) is 1.80. The molecular formula is C12H24FO.